The summed E-state index contributed by atoms with van der Waals surface area (Å²) in [5.41, 5.74) is 0.730. The van der Waals surface area contributed by atoms with Gasteiger partial charge in [0.1, 0.15) is 0 Å². The van der Waals surface area contributed by atoms with Crippen molar-refractivity contribution in [1.82, 2.24) is 0 Å². The van der Waals surface area contributed by atoms with Gasteiger partial charge in [0, 0.05) is 0 Å². The third-order valence-electron chi connectivity index (χ3n) is 2.82. The van der Waals surface area contributed by atoms with E-state index in [1.54, 1.807) is 25.1 Å². The molecule has 1 saturated carbocycles. The standard InChI is InChI=1S/C12H16O3S/c1-10-4-2-3-5-12(10)16(13,14)15-9-8-11-6-7-11/h2-5,11H,6-9H2,1H3. The number of hydrogen-bond acceptors (Lipinski definition) is 3. The van der Waals surface area contributed by atoms with Crippen LogP contribution < -0.4 is 0 Å². The lowest BCUT2D eigenvalue weighted by Gasteiger charge is -2.07. The van der Waals surface area contributed by atoms with Crippen LogP contribution in [0.1, 0.15) is 24.8 Å². The SMILES string of the molecule is Cc1ccccc1S(=O)(=O)OCCC1CC1. The van der Waals surface area contributed by atoms with Gasteiger partial charge in [-0.25, -0.2) is 0 Å². The lowest BCUT2D eigenvalue weighted by molar-refractivity contribution is 0.304. The van der Waals surface area contributed by atoms with Crippen LogP contribution in [0.2, 0.25) is 0 Å². The molecule has 88 valence electrons. The Kier molecular flexibility index (Phi) is 3.30. The first-order chi connectivity index (χ1) is 7.59. The maximum atomic E-state index is 11.8. The van der Waals surface area contributed by atoms with Gasteiger partial charge in [-0.15, -0.1) is 0 Å². The Morgan fingerprint density at radius 1 is 1.31 bits per heavy atom. The predicted molar refractivity (Wildman–Crippen MR) is 61.7 cm³/mol. The van der Waals surface area contributed by atoms with Crippen LogP contribution in [-0.2, 0) is 14.3 Å². The Labute approximate surface area is 96.6 Å². The highest BCUT2D eigenvalue weighted by Crippen LogP contribution is 2.32. The normalized spacial score (nSPS) is 16.3. The maximum absolute atomic E-state index is 11.8. The summed E-state index contributed by atoms with van der Waals surface area (Å²) in [7, 11) is -3.56. The first kappa shape index (κ1) is 11.6. The summed E-state index contributed by atoms with van der Waals surface area (Å²) in [4.78, 5) is 0.283. The molecule has 0 aliphatic heterocycles. The van der Waals surface area contributed by atoms with Gasteiger partial charge in [-0.2, -0.15) is 8.42 Å². The van der Waals surface area contributed by atoms with Gasteiger partial charge in [-0.05, 0) is 30.9 Å². The summed E-state index contributed by atoms with van der Waals surface area (Å²) in [5.74, 6) is 0.687. The van der Waals surface area contributed by atoms with Crippen LogP contribution in [0.15, 0.2) is 29.2 Å². The summed E-state index contributed by atoms with van der Waals surface area (Å²) in [6, 6.07) is 6.89. The molecule has 3 nitrogen and oxygen atoms in total. The van der Waals surface area contributed by atoms with Crippen molar-refractivity contribution in [3.63, 3.8) is 0 Å². The molecular weight excluding hydrogens is 224 g/mol. The highest BCUT2D eigenvalue weighted by molar-refractivity contribution is 7.86. The van der Waals surface area contributed by atoms with Crippen molar-refractivity contribution in [1.29, 1.82) is 0 Å². The number of rotatable bonds is 5. The molecule has 0 unspecified atom stereocenters. The fourth-order valence-electron chi connectivity index (χ4n) is 1.63. The molecule has 1 aliphatic carbocycles. The minimum absolute atomic E-state index is 0.283. The largest absolute Gasteiger partial charge is 0.297 e. The van der Waals surface area contributed by atoms with Crippen molar-refractivity contribution >= 4 is 10.1 Å². The minimum atomic E-state index is -3.56. The molecule has 1 aliphatic rings. The topological polar surface area (TPSA) is 43.4 Å². The highest BCUT2D eigenvalue weighted by Gasteiger charge is 2.23. The molecule has 1 aromatic carbocycles. The summed E-state index contributed by atoms with van der Waals surface area (Å²) >= 11 is 0. The second-order valence-corrected chi connectivity index (χ2v) is 5.86. The fourth-order valence-corrected chi connectivity index (χ4v) is 2.78. The van der Waals surface area contributed by atoms with Crippen LogP contribution in [0.4, 0.5) is 0 Å². The van der Waals surface area contributed by atoms with Crippen LogP contribution in [0.3, 0.4) is 0 Å². The zero-order valence-corrected chi connectivity index (χ0v) is 10.2. The van der Waals surface area contributed by atoms with Gasteiger partial charge in [-0.1, -0.05) is 31.0 Å². The number of hydrogen-bond donors (Lipinski definition) is 0. The van der Waals surface area contributed by atoms with E-state index in [-0.39, 0.29) is 4.90 Å². The van der Waals surface area contributed by atoms with Gasteiger partial charge in [0.25, 0.3) is 10.1 Å². The van der Waals surface area contributed by atoms with Gasteiger partial charge in [0.15, 0.2) is 0 Å². The minimum Gasteiger partial charge on any atom is -0.266 e. The lowest BCUT2D eigenvalue weighted by Crippen LogP contribution is -2.09. The average Bonchev–Trinajstić information content (AvgIpc) is 3.02. The highest BCUT2D eigenvalue weighted by atomic mass is 32.2. The molecule has 0 radical (unpaired) electrons. The van der Waals surface area contributed by atoms with E-state index in [0.717, 1.165) is 12.0 Å². The zero-order valence-electron chi connectivity index (χ0n) is 9.35. The van der Waals surface area contributed by atoms with Crippen molar-refractivity contribution in [2.24, 2.45) is 5.92 Å². The molecular formula is C12H16O3S. The third-order valence-corrected chi connectivity index (χ3v) is 4.30. The second kappa shape index (κ2) is 4.55. The number of aryl methyl sites for hydroxylation is 1. The molecule has 1 fully saturated rings. The van der Waals surface area contributed by atoms with Crippen molar-refractivity contribution in [3.8, 4) is 0 Å². The maximum Gasteiger partial charge on any atom is 0.297 e. The van der Waals surface area contributed by atoms with Crippen molar-refractivity contribution < 1.29 is 12.6 Å². The Morgan fingerprint density at radius 3 is 2.62 bits per heavy atom. The molecule has 0 N–H and O–H groups in total. The van der Waals surface area contributed by atoms with Crippen molar-refractivity contribution in [3.05, 3.63) is 29.8 Å². The summed E-state index contributed by atoms with van der Waals surface area (Å²) < 4.78 is 28.7. The first-order valence-corrected chi connectivity index (χ1v) is 6.95. The zero-order chi connectivity index (χ0) is 11.6. The van der Waals surface area contributed by atoms with E-state index in [2.05, 4.69) is 0 Å². The van der Waals surface area contributed by atoms with Crippen LogP contribution in [0.5, 0.6) is 0 Å². The molecule has 2 rings (SSSR count). The van der Waals surface area contributed by atoms with Crippen molar-refractivity contribution in [2.75, 3.05) is 6.61 Å². The molecule has 1 aromatic rings. The first-order valence-electron chi connectivity index (χ1n) is 5.54. The Morgan fingerprint density at radius 2 is 2.00 bits per heavy atom. The van der Waals surface area contributed by atoms with Gasteiger partial charge in [-0.3, -0.25) is 4.18 Å². The third kappa shape index (κ3) is 2.83. The monoisotopic (exact) mass is 240 g/mol. The van der Waals surface area contributed by atoms with E-state index >= 15 is 0 Å². The molecule has 0 heterocycles. The Balaban J connectivity index is 2.03. The van der Waals surface area contributed by atoms with Crippen LogP contribution in [0, 0.1) is 12.8 Å². The smallest absolute Gasteiger partial charge is 0.266 e. The van der Waals surface area contributed by atoms with Gasteiger partial charge in [0.2, 0.25) is 0 Å². The molecule has 0 amide bonds. The van der Waals surface area contributed by atoms with E-state index < -0.39 is 10.1 Å². The fraction of sp³-hybridized carbons (Fsp3) is 0.500. The lowest BCUT2D eigenvalue weighted by atomic mass is 10.2. The Hall–Kier alpha value is -0.870. The quantitative estimate of drug-likeness (QED) is 0.743. The van der Waals surface area contributed by atoms with Gasteiger partial charge in [0.05, 0.1) is 11.5 Å². The molecule has 0 bridgehead atoms. The van der Waals surface area contributed by atoms with Crippen molar-refractivity contribution in [2.45, 2.75) is 31.1 Å². The molecule has 0 saturated heterocycles. The summed E-state index contributed by atoms with van der Waals surface area (Å²) in [6.45, 7) is 2.08. The second-order valence-electron chi connectivity index (χ2n) is 4.27. The van der Waals surface area contributed by atoms with E-state index in [0.29, 0.717) is 12.5 Å². The van der Waals surface area contributed by atoms with Crippen LogP contribution in [-0.4, -0.2) is 15.0 Å². The molecule has 0 aromatic heterocycles. The van der Waals surface area contributed by atoms with Crippen LogP contribution >= 0.6 is 0 Å². The van der Waals surface area contributed by atoms with E-state index in [1.165, 1.54) is 12.8 Å². The molecule has 0 spiro atoms. The van der Waals surface area contributed by atoms with Gasteiger partial charge >= 0.3 is 0 Å². The van der Waals surface area contributed by atoms with E-state index in [1.807, 2.05) is 6.07 Å². The summed E-state index contributed by atoms with van der Waals surface area (Å²) in [6.07, 6.45) is 3.28. The molecule has 4 heteroatoms. The average molecular weight is 240 g/mol. The Bertz CT molecular complexity index is 461. The molecule has 16 heavy (non-hydrogen) atoms. The predicted octanol–water partition coefficient (Wildman–Crippen LogP) is 2.50. The van der Waals surface area contributed by atoms with E-state index in [4.69, 9.17) is 4.18 Å². The summed E-state index contributed by atoms with van der Waals surface area (Å²) in [5, 5.41) is 0. The number of benzene rings is 1. The van der Waals surface area contributed by atoms with E-state index in [9.17, 15) is 8.42 Å². The molecule has 0 atom stereocenters. The van der Waals surface area contributed by atoms with Gasteiger partial charge < -0.3 is 0 Å². The van der Waals surface area contributed by atoms with Crippen LogP contribution in [0.25, 0.3) is 0 Å².